The summed E-state index contributed by atoms with van der Waals surface area (Å²) in [6.07, 6.45) is 0. The normalized spacial score (nSPS) is 10.9. The lowest BCUT2D eigenvalue weighted by molar-refractivity contribution is 1.01. The van der Waals surface area contributed by atoms with Gasteiger partial charge in [-0.2, -0.15) is 5.10 Å². The average molecular weight is 355 g/mol. The van der Waals surface area contributed by atoms with E-state index in [2.05, 4.69) is 15.5 Å². The van der Waals surface area contributed by atoms with Gasteiger partial charge in [0.2, 0.25) is 0 Å². The molecule has 0 bridgehead atoms. The van der Waals surface area contributed by atoms with Gasteiger partial charge in [-0.15, -0.1) is 0 Å². The fourth-order valence-electron chi connectivity index (χ4n) is 2.16. The van der Waals surface area contributed by atoms with Gasteiger partial charge < -0.3 is 5.32 Å². The van der Waals surface area contributed by atoms with Crippen LogP contribution >= 0.6 is 34.8 Å². The summed E-state index contributed by atoms with van der Waals surface area (Å²) in [5.74, 6) is 0. The maximum absolute atomic E-state index is 11.7. The summed E-state index contributed by atoms with van der Waals surface area (Å²) in [7, 11) is 0. The predicted molar refractivity (Wildman–Crippen MR) is 91.2 cm³/mol. The van der Waals surface area contributed by atoms with Crippen molar-refractivity contribution in [1.29, 1.82) is 0 Å². The first-order valence-corrected chi connectivity index (χ1v) is 7.53. The molecule has 0 aliphatic rings. The Balaban J connectivity index is 1.88. The van der Waals surface area contributed by atoms with Gasteiger partial charge in [-0.05, 0) is 42.0 Å². The minimum atomic E-state index is -0.271. The van der Waals surface area contributed by atoms with Crippen molar-refractivity contribution in [2.75, 3.05) is 5.32 Å². The molecule has 22 heavy (non-hydrogen) atoms. The quantitative estimate of drug-likeness (QED) is 0.728. The molecular weight excluding hydrogens is 345 g/mol. The highest BCUT2D eigenvalue weighted by atomic mass is 35.5. The van der Waals surface area contributed by atoms with Crippen molar-refractivity contribution in [1.82, 2.24) is 10.2 Å². The summed E-state index contributed by atoms with van der Waals surface area (Å²) in [5.41, 5.74) is 1.50. The number of nitrogens with zero attached hydrogens (tertiary/aromatic N) is 1. The van der Waals surface area contributed by atoms with Gasteiger partial charge in [-0.1, -0.05) is 34.8 Å². The largest absolute Gasteiger partial charge is 0.381 e. The Morgan fingerprint density at radius 2 is 1.73 bits per heavy atom. The molecule has 1 aromatic heterocycles. The number of benzene rings is 2. The standard InChI is InChI=1S/C15H10Cl3N3O/c16-9-3-8(4-10(17)5-9)7-19-11-1-2-12-13(6-11)14(18)20-21-15(12)22/h1-6,19H,7H2,(H,21,22). The van der Waals surface area contributed by atoms with Crippen LogP contribution in [0.4, 0.5) is 5.69 Å². The molecule has 0 saturated heterocycles. The number of halogens is 3. The monoisotopic (exact) mass is 353 g/mol. The Kier molecular flexibility index (Phi) is 4.25. The fraction of sp³-hybridized carbons (Fsp3) is 0.0667. The van der Waals surface area contributed by atoms with Crippen molar-refractivity contribution >= 4 is 51.3 Å². The number of hydrogen-bond donors (Lipinski definition) is 2. The zero-order chi connectivity index (χ0) is 15.7. The minimum absolute atomic E-state index is 0.254. The SMILES string of the molecule is O=c1[nH]nc(Cl)c2cc(NCc3cc(Cl)cc(Cl)c3)ccc12. The molecule has 0 spiro atoms. The van der Waals surface area contributed by atoms with Crippen LogP contribution < -0.4 is 10.9 Å². The number of rotatable bonds is 3. The maximum atomic E-state index is 11.7. The number of aromatic amines is 1. The number of nitrogens with one attached hydrogen (secondary N) is 2. The molecule has 0 fully saturated rings. The second-order valence-electron chi connectivity index (χ2n) is 4.74. The summed E-state index contributed by atoms with van der Waals surface area (Å²) in [6, 6.07) is 10.6. The van der Waals surface area contributed by atoms with Crippen LogP contribution in [0.15, 0.2) is 41.2 Å². The lowest BCUT2D eigenvalue weighted by atomic mass is 10.1. The van der Waals surface area contributed by atoms with E-state index in [4.69, 9.17) is 34.8 Å². The summed E-state index contributed by atoms with van der Waals surface area (Å²) >= 11 is 18.0. The molecule has 0 radical (unpaired) electrons. The van der Waals surface area contributed by atoms with Gasteiger partial charge >= 0.3 is 0 Å². The summed E-state index contributed by atoms with van der Waals surface area (Å²) in [6.45, 7) is 0.542. The minimum Gasteiger partial charge on any atom is -0.381 e. The van der Waals surface area contributed by atoms with Crippen molar-refractivity contribution in [2.45, 2.75) is 6.54 Å². The summed E-state index contributed by atoms with van der Waals surface area (Å²) in [5, 5.41) is 11.9. The van der Waals surface area contributed by atoms with Crippen molar-refractivity contribution in [3.05, 3.63) is 67.5 Å². The molecule has 1 heterocycles. The van der Waals surface area contributed by atoms with E-state index in [0.29, 0.717) is 27.4 Å². The van der Waals surface area contributed by atoms with Crippen LogP contribution in [0.2, 0.25) is 15.2 Å². The van der Waals surface area contributed by atoms with Crippen molar-refractivity contribution in [3.63, 3.8) is 0 Å². The molecule has 0 atom stereocenters. The lowest BCUT2D eigenvalue weighted by Crippen LogP contribution is -2.08. The van der Waals surface area contributed by atoms with Crippen LogP contribution in [0.1, 0.15) is 5.56 Å². The molecule has 2 aromatic carbocycles. The van der Waals surface area contributed by atoms with Crippen molar-refractivity contribution < 1.29 is 0 Å². The lowest BCUT2D eigenvalue weighted by Gasteiger charge is -2.09. The van der Waals surface area contributed by atoms with E-state index >= 15 is 0 Å². The van der Waals surface area contributed by atoms with Gasteiger partial charge in [0.05, 0.1) is 5.39 Å². The molecule has 7 heteroatoms. The number of H-pyrrole nitrogens is 1. The van der Waals surface area contributed by atoms with Crippen LogP contribution in [0.3, 0.4) is 0 Å². The predicted octanol–water partition coefficient (Wildman–Crippen LogP) is 4.50. The van der Waals surface area contributed by atoms with Crippen LogP contribution in [0.25, 0.3) is 10.8 Å². The molecule has 3 aromatic rings. The Bertz CT molecular complexity index is 888. The van der Waals surface area contributed by atoms with Crippen LogP contribution in [-0.2, 0) is 6.54 Å². The highest BCUT2D eigenvalue weighted by Crippen LogP contribution is 2.23. The molecule has 4 nitrogen and oxygen atoms in total. The zero-order valence-corrected chi connectivity index (χ0v) is 13.4. The van der Waals surface area contributed by atoms with E-state index < -0.39 is 0 Å². The van der Waals surface area contributed by atoms with Gasteiger partial charge in [-0.3, -0.25) is 4.79 Å². The average Bonchev–Trinajstić information content (AvgIpc) is 2.48. The molecule has 0 unspecified atom stereocenters. The van der Waals surface area contributed by atoms with E-state index in [-0.39, 0.29) is 10.7 Å². The Morgan fingerprint density at radius 3 is 2.45 bits per heavy atom. The Labute approximate surface area is 141 Å². The molecule has 0 saturated carbocycles. The first-order valence-electron chi connectivity index (χ1n) is 6.40. The first-order chi connectivity index (χ1) is 10.5. The second-order valence-corrected chi connectivity index (χ2v) is 5.97. The molecule has 3 rings (SSSR count). The van der Waals surface area contributed by atoms with E-state index in [0.717, 1.165) is 11.3 Å². The third-order valence-corrected chi connectivity index (χ3v) is 3.89. The van der Waals surface area contributed by atoms with Crippen LogP contribution in [0, 0.1) is 0 Å². The Hall–Kier alpha value is -1.75. The third kappa shape index (κ3) is 3.19. The van der Waals surface area contributed by atoms with Crippen molar-refractivity contribution in [2.24, 2.45) is 0 Å². The number of hydrogen-bond acceptors (Lipinski definition) is 3. The van der Waals surface area contributed by atoms with E-state index in [1.165, 1.54) is 0 Å². The van der Waals surface area contributed by atoms with Gasteiger partial charge in [0, 0.05) is 27.7 Å². The molecule has 2 N–H and O–H groups in total. The van der Waals surface area contributed by atoms with E-state index in [9.17, 15) is 4.79 Å². The molecule has 0 amide bonds. The molecule has 0 aliphatic heterocycles. The second kappa shape index (κ2) is 6.16. The molecular formula is C15H10Cl3N3O. The van der Waals surface area contributed by atoms with Crippen LogP contribution in [-0.4, -0.2) is 10.2 Å². The third-order valence-electron chi connectivity index (χ3n) is 3.16. The number of aromatic nitrogens is 2. The van der Waals surface area contributed by atoms with Crippen LogP contribution in [0.5, 0.6) is 0 Å². The van der Waals surface area contributed by atoms with E-state index in [1.807, 2.05) is 12.1 Å². The topological polar surface area (TPSA) is 57.8 Å². The van der Waals surface area contributed by atoms with Gasteiger partial charge in [0.25, 0.3) is 5.56 Å². The van der Waals surface area contributed by atoms with Gasteiger partial charge in [0.15, 0.2) is 5.15 Å². The summed E-state index contributed by atoms with van der Waals surface area (Å²) in [4.78, 5) is 11.7. The van der Waals surface area contributed by atoms with Gasteiger partial charge in [0.1, 0.15) is 0 Å². The number of anilines is 1. The molecule has 112 valence electrons. The highest BCUT2D eigenvalue weighted by Gasteiger charge is 2.06. The fourth-order valence-corrected chi connectivity index (χ4v) is 2.93. The zero-order valence-electron chi connectivity index (χ0n) is 11.2. The number of fused-ring (bicyclic) bond motifs is 1. The molecule has 0 aliphatic carbocycles. The summed E-state index contributed by atoms with van der Waals surface area (Å²) < 4.78 is 0. The smallest absolute Gasteiger partial charge is 0.272 e. The maximum Gasteiger partial charge on any atom is 0.272 e. The van der Waals surface area contributed by atoms with E-state index in [1.54, 1.807) is 24.3 Å². The Morgan fingerprint density at radius 1 is 1.00 bits per heavy atom. The highest BCUT2D eigenvalue weighted by molar-refractivity contribution is 6.35. The van der Waals surface area contributed by atoms with Crippen molar-refractivity contribution in [3.8, 4) is 0 Å². The first kappa shape index (κ1) is 15.2. The van der Waals surface area contributed by atoms with Gasteiger partial charge in [-0.25, -0.2) is 5.10 Å².